The van der Waals surface area contributed by atoms with E-state index in [0.717, 1.165) is 25.0 Å². The van der Waals surface area contributed by atoms with Crippen LogP contribution in [0.15, 0.2) is 71.5 Å². The maximum absolute atomic E-state index is 12.4. The zero-order valence-electron chi connectivity index (χ0n) is 15.3. The standard InChI is InChI=1S/C22H20N4O2/c27-22(24-14-18-11-12-23-15-25-18)17-9-10-20-19(13-17)26-21(28-20)8-4-7-16-5-2-1-3-6-16/h1-3,5-6,9-13,15H,4,7-8,14H2,(H,24,27). The Morgan fingerprint density at radius 3 is 2.75 bits per heavy atom. The average molecular weight is 372 g/mol. The number of nitrogens with one attached hydrogen (secondary N) is 1. The fourth-order valence-electron chi connectivity index (χ4n) is 3.01. The summed E-state index contributed by atoms with van der Waals surface area (Å²) >= 11 is 0. The summed E-state index contributed by atoms with van der Waals surface area (Å²) in [7, 11) is 0. The van der Waals surface area contributed by atoms with Crippen molar-refractivity contribution < 1.29 is 9.21 Å². The van der Waals surface area contributed by atoms with Gasteiger partial charge in [0, 0.05) is 18.2 Å². The van der Waals surface area contributed by atoms with E-state index in [-0.39, 0.29) is 5.91 Å². The second-order valence-corrected chi connectivity index (χ2v) is 6.51. The highest BCUT2D eigenvalue weighted by molar-refractivity contribution is 5.97. The molecule has 2 heterocycles. The van der Waals surface area contributed by atoms with Gasteiger partial charge >= 0.3 is 0 Å². The molecule has 0 bridgehead atoms. The quantitative estimate of drug-likeness (QED) is 0.535. The van der Waals surface area contributed by atoms with E-state index in [1.807, 2.05) is 18.2 Å². The fraction of sp³-hybridized carbons (Fsp3) is 0.182. The highest BCUT2D eigenvalue weighted by atomic mass is 16.3. The van der Waals surface area contributed by atoms with Crippen LogP contribution in [0.4, 0.5) is 0 Å². The van der Waals surface area contributed by atoms with Gasteiger partial charge in [0.25, 0.3) is 5.91 Å². The Hall–Kier alpha value is -3.54. The Bertz CT molecular complexity index is 1060. The first kappa shape index (κ1) is 17.9. The van der Waals surface area contributed by atoms with Gasteiger partial charge in [-0.2, -0.15) is 0 Å². The van der Waals surface area contributed by atoms with Gasteiger partial charge in [0.05, 0.1) is 12.2 Å². The van der Waals surface area contributed by atoms with E-state index >= 15 is 0 Å². The molecule has 2 aromatic carbocycles. The van der Waals surface area contributed by atoms with Gasteiger partial charge in [-0.1, -0.05) is 30.3 Å². The van der Waals surface area contributed by atoms with Gasteiger partial charge in [-0.3, -0.25) is 4.79 Å². The van der Waals surface area contributed by atoms with Crippen molar-refractivity contribution in [3.63, 3.8) is 0 Å². The number of nitrogens with zero attached hydrogens (tertiary/aromatic N) is 3. The molecule has 0 radical (unpaired) electrons. The SMILES string of the molecule is O=C(NCc1ccncn1)c1ccc2oc(CCCc3ccccc3)nc2c1. The highest BCUT2D eigenvalue weighted by Crippen LogP contribution is 2.19. The maximum Gasteiger partial charge on any atom is 0.251 e. The summed E-state index contributed by atoms with van der Waals surface area (Å²) in [5.74, 6) is 0.526. The second kappa shape index (κ2) is 8.43. The number of carbonyl (C=O) groups excluding carboxylic acids is 1. The first-order chi connectivity index (χ1) is 13.8. The molecule has 140 valence electrons. The fourth-order valence-corrected chi connectivity index (χ4v) is 3.01. The van der Waals surface area contributed by atoms with Crippen LogP contribution in [0.3, 0.4) is 0 Å². The van der Waals surface area contributed by atoms with E-state index in [0.29, 0.717) is 29.1 Å². The average Bonchev–Trinajstić information content (AvgIpc) is 3.15. The third-order valence-electron chi connectivity index (χ3n) is 4.47. The lowest BCUT2D eigenvalue weighted by atomic mass is 10.1. The molecule has 0 atom stereocenters. The Kier molecular flexibility index (Phi) is 5.38. The number of amides is 1. The Morgan fingerprint density at radius 2 is 1.93 bits per heavy atom. The van der Waals surface area contributed by atoms with Crippen LogP contribution in [-0.2, 0) is 19.4 Å². The molecular weight excluding hydrogens is 352 g/mol. The number of benzene rings is 2. The van der Waals surface area contributed by atoms with Crippen LogP contribution in [0, 0.1) is 0 Å². The molecule has 1 N–H and O–H groups in total. The van der Waals surface area contributed by atoms with Gasteiger partial charge in [0.15, 0.2) is 11.5 Å². The van der Waals surface area contributed by atoms with Gasteiger partial charge < -0.3 is 9.73 Å². The molecule has 0 aliphatic rings. The largest absolute Gasteiger partial charge is 0.441 e. The topological polar surface area (TPSA) is 80.9 Å². The summed E-state index contributed by atoms with van der Waals surface area (Å²) in [6.07, 6.45) is 5.82. The lowest BCUT2D eigenvalue weighted by molar-refractivity contribution is 0.0950. The molecule has 28 heavy (non-hydrogen) atoms. The van der Waals surface area contributed by atoms with E-state index in [1.54, 1.807) is 30.5 Å². The molecule has 0 saturated heterocycles. The van der Waals surface area contributed by atoms with Crippen LogP contribution in [0.5, 0.6) is 0 Å². The van der Waals surface area contributed by atoms with Crippen molar-refractivity contribution >= 4 is 17.0 Å². The lowest BCUT2D eigenvalue weighted by Gasteiger charge is -2.04. The zero-order valence-corrected chi connectivity index (χ0v) is 15.3. The number of oxazole rings is 1. The molecule has 0 aliphatic heterocycles. The van der Waals surface area contributed by atoms with Crippen molar-refractivity contribution in [3.8, 4) is 0 Å². The second-order valence-electron chi connectivity index (χ2n) is 6.51. The predicted molar refractivity (Wildman–Crippen MR) is 106 cm³/mol. The van der Waals surface area contributed by atoms with Gasteiger partial charge in [0.2, 0.25) is 0 Å². The van der Waals surface area contributed by atoms with Crippen molar-refractivity contribution in [1.82, 2.24) is 20.3 Å². The molecular formula is C22H20N4O2. The normalized spacial score (nSPS) is 10.9. The first-order valence-corrected chi connectivity index (χ1v) is 9.24. The molecule has 0 unspecified atom stereocenters. The number of aromatic nitrogens is 3. The maximum atomic E-state index is 12.4. The minimum Gasteiger partial charge on any atom is -0.441 e. The van der Waals surface area contributed by atoms with E-state index in [4.69, 9.17) is 4.42 Å². The van der Waals surface area contributed by atoms with Gasteiger partial charge in [-0.15, -0.1) is 0 Å². The summed E-state index contributed by atoms with van der Waals surface area (Å²) in [6.45, 7) is 0.350. The molecule has 0 saturated carbocycles. The molecule has 1 amide bonds. The molecule has 0 fully saturated rings. The van der Waals surface area contributed by atoms with E-state index in [1.165, 1.54) is 11.9 Å². The Balaban J connectivity index is 1.37. The molecule has 4 rings (SSSR count). The number of aryl methyl sites for hydroxylation is 2. The monoisotopic (exact) mass is 372 g/mol. The molecule has 0 spiro atoms. The Morgan fingerprint density at radius 1 is 1.04 bits per heavy atom. The summed E-state index contributed by atoms with van der Waals surface area (Å²) in [4.78, 5) is 24.9. The van der Waals surface area contributed by atoms with Gasteiger partial charge in [-0.25, -0.2) is 15.0 Å². The van der Waals surface area contributed by atoms with Crippen LogP contribution >= 0.6 is 0 Å². The minimum absolute atomic E-state index is 0.172. The van der Waals surface area contributed by atoms with E-state index in [2.05, 4.69) is 32.4 Å². The van der Waals surface area contributed by atoms with Crippen molar-refractivity contribution in [2.45, 2.75) is 25.8 Å². The lowest BCUT2D eigenvalue weighted by Crippen LogP contribution is -2.23. The molecule has 6 heteroatoms. The highest BCUT2D eigenvalue weighted by Gasteiger charge is 2.11. The van der Waals surface area contributed by atoms with Crippen molar-refractivity contribution in [3.05, 3.63) is 89.8 Å². The number of hydrogen-bond acceptors (Lipinski definition) is 5. The van der Waals surface area contributed by atoms with Crippen LogP contribution in [-0.4, -0.2) is 20.9 Å². The van der Waals surface area contributed by atoms with Crippen LogP contribution in [0.1, 0.15) is 33.9 Å². The summed E-state index contributed by atoms with van der Waals surface area (Å²) < 4.78 is 5.81. The van der Waals surface area contributed by atoms with Crippen molar-refractivity contribution in [2.24, 2.45) is 0 Å². The van der Waals surface area contributed by atoms with Crippen LogP contribution in [0.2, 0.25) is 0 Å². The van der Waals surface area contributed by atoms with Crippen molar-refractivity contribution in [1.29, 1.82) is 0 Å². The summed E-state index contributed by atoms with van der Waals surface area (Å²) in [6, 6.07) is 17.4. The van der Waals surface area contributed by atoms with Crippen molar-refractivity contribution in [2.75, 3.05) is 0 Å². The molecule has 0 aliphatic carbocycles. The summed E-state index contributed by atoms with van der Waals surface area (Å²) in [5, 5.41) is 2.85. The first-order valence-electron chi connectivity index (χ1n) is 9.24. The number of hydrogen-bond donors (Lipinski definition) is 1. The zero-order chi connectivity index (χ0) is 19.2. The van der Waals surface area contributed by atoms with Crippen LogP contribution < -0.4 is 5.32 Å². The number of carbonyl (C=O) groups is 1. The van der Waals surface area contributed by atoms with E-state index < -0.39 is 0 Å². The Labute approximate surface area is 162 Å². The van der Waals surface area contributed by atoms with Crippen LogP contribution in [0.25, 0.3) is 11.1 Å². The minimum atomic E-state index is -0.172. The third kappa shape index (κ3) is 4.40. The smallest absolute Gasteiger partial charge is 0.251 e. The number of fused-ring (bicyclic) bond motifs is 1. The molecule has 2 aromatic heterocycles. The van der Waals surface area contributed by atoms with E-state index in [9.17, 15) is 4.79 Å². The van der Waals surface area contributed by atoms with Gasteiger partial charge in [0.1, 0.15) is 11.8 Å². The third-order valence-corrected chi connectivity index (χ3v) is 4.47. The molecule has 6 nitrogen and oxygen atoms in total. The number of rotatable bonds is 7. The molecule has 4 aromatic rings. The summed E-state index contributed by atoms with van der Waals surface area (Å²) in [5.41, 5.74) is 4.00. The van der Waals surface area contributed by atoms with Gasteiger partial charge in [-0.05, 0) is 42.7 Å². The predicted octanol–water partition coefficient (Wildman–Crippen LogP) is 3.72.